The monoisotopic (exact) mass is 367 g/mol. The summed E-state index contributed by atoms with van der Waals surface area (Å²) in [6.07, 6.45) is 5.90. The highest BCUT2D eigenvalue weighted by Crippen LogP contribution is 2.23. The van der Waals surface area contributed by atoms with Crippen LogP contribution in [0.2, 0.25) is 0 Å². The van der Waals surface area contributed by atoms with E-state index in [9.17, 15) is 12.8 Å². The number of halogens is 1. The first-order valence-electron chi connectivity index (χ1n) is 8.30. The van der Waals surface area contributed by atoms with E-state index < -0.39 is 10.0 Å². The highest BCUT2D eigenvalue weighted by Gasteiger charge is 2.24. The lowest BCUT2D eigenvalue weighted by Crippen LogP contribution is -2.46. The van der Waals surface area contributed by atoms with Crippen LogP contribution in [0.4, 0.5) is 4.39 Å². The van der Waals surface area contributed by atoms with Gasteiger partial charge in [0.25, 0.3) is 0 Å². The molecule has 136 valence electrons. The molecule has 1 aliphatic heterocycles. The van der Waals surface area contributed by atoms with Gasteiger partial charge < -0.3 is 4.42 Å². The Hall–Kier alpha value is -1.77. The molecule has 2 aromatic rings. The van der Waals surface area contributed by atoms with Crippen LogP contribution in [0.1, 0.15) is 25.2 Å². The second kappa shape index (κ2) is 7.63. The molecule has 1 saturated heterocycles. The molecule has 1 aromatic carbocycles. The molecule has 1 aromatic heterocycles. The normalized spacial score (nSPS) is 19.2. The Morgan fingerprint density at radius 1 is 1.32 bits per heavy atom. The van der Waals surface area contributed by atoms with Gasteiger partial charge in [0.1, 0.15) is 5.82 Å². The molecule has 0 aliphatic carbocycles. The Balaban J connectivity index is 1.66. The number of benzene rings is 1. The van der Waals surface area contributed by atoms with Crippen LogP contribution in [0.25, 0.3) is 11.3 Å². The lowest BCUT2D eigenvalue weighted by molar-refractivity contribution is 0.130. The highest BCUT2D eigenvalue weighted by atomic mass is 32.2. The third kappa shape index (κ3) is 5.10. The maximum Gasteiger partial charge on any atom is 0.209 e. The molecule has 25 heavy (non-hydrogen) atoms. The molecule has 0 spiro atoms. The van der Waals surface area contributed by atoms with Crippen LogP contribution in [0.3, 0.4) is 0 Å². The van der Waals surface area contributed by atoms with E-state index in [1.165, 1.54) is 18.4 Å². The maximum atomic E-state index is 13.0. The van der Waals surface area contributed by atoms with Gasteiger partial charge in [0.05, 0.1) is 19.0 Å². The summed E-state index contributed by atoms with van der Waals surface area (Å²) in [5.41, 5.74) is 0.772. The van der Waals surface area contributed by atoms with Crippen molar-refractivity contribution < 1.29 is 17.2 Å². The summed E-state index contributed by atoms with van der Waals surface area (Å²) in [7, 11) is -3.20. The first-order valence-corrected chi connectivity index (χ1v) is 10.2. The molecule has 1 N–H and O–H groups in total. The molecule has 0 amide bonds. The number of hydrogen-bond donors (Lipinski definition) is 1. The van der Waals surface area contributed by atoms with Crippen molar-refractivity contribution in [3.63, 3.8) is 0 Å². The Bertz CT molecular complexity index is 805. The van der Waals surface area contributed by atoms with Gasteiger partial charge in [-0.1, -0.05) is 6.42 Å². The second-order valence-electron chi connectivity index (χ2n) is 6.37. The topological polar surface area (TPSA) is 75.4 Å². The standard InChI is InChI=1S/C17H22FN3O3S/c1-25(22,23)20-10-15-4-2-3-9-21(15)12-17-19-11-16(24-17)13-5-7-14(18)8-6-13/h5-8,11,15,20H,2-4,9-10,12H2,1H3. The number of rotatable bonds is 6. The molecule has 0 saturated carbocycles. The van der Waals surface area contributed by atoms with E-state index in [2.05, 4.69) is 14.6 Å². The van der Waals surface area contributed by atoms with Crippen LogP contribution in [0.5, 0.6) is 0 Å². The van der Waals surface area contributed by atoms with Gasteiger partial charge in [-0.15, -0.1) is 0 Å². The molecule has 1 fully saturated rings. The number of oxazole rings is 1. The summed E-state index contributed by atoms with van der Waals surface area (Å²) < 4.78 is 44.1. The molecule has 2 heterocycles. The van der Waals surface area contributed by atoms with Crippen molar-refractivity contribution in [1.82, 2.24) is 14.6 Å². The van der Waals surface area contributed by atoms with E-state index >= 15 is 0 Å². The Kier molecular flexibility index (Phi) is 5.51. The third-order valence-corrected chi connectivity index (χ3v) is 5.04. The minimum absolute atomic E-state index is 0.129. The predicted octanol–water partition coefficient (Wildman–Crippen LogP) is 2.38. The zero-order valence-corrected chi connectivity index (χ0v) is 14.9. The average molecular weight is 367 g/mol. The van der Waals surface area contributed by atoms with Crippen molar-refractivity contribution in [2.45, 2.75) is 31.8 Å². The van der Waals surface area contributed by atoms with Crippen molar-refractivity contribution in [2.24, 2.45) is 0 Å². The zero-order chi connectivity index (χ0) is 17.9. The molecule has 1 atom stereocenters. The van der Waals surface area contributed by atoms with Crippen LogP contribution < -0.4 is 4.72 Å². The Labute approximate surface area is 147 Å². The summed E-state index contributed by atoms with van der Waals surface area (Å²) in [6.45, 7) is 1.80. The molecule has 3 rings (SSSR count). The van der Waals surface area contributed by atoms with E-state index in [0.29, 0.717) is 24.7 Å². The average Bonchev–Trinajstić information content (AvgIpc) is 3.02. The van der Waals surface area contributed by atoms with E-state index in [-0.39, 0.29) is 11.9 Å². The summed E-state index contributed by atoms with van der Waals surface area (Å²) in [5.74, 6) is 0.876. The molecule has 6 nitrogen and oxygen atoms in total. The van der Waals surface area contributed by atoms with Gasteiger partial charge in [0.2, 0.25) is 15.9 Å². The molecular weight excluding hydrogens is 345 g/mol. The van der Waals surface area contributed by atoms with Gasteiger partial charge in [-0.2, -0.15) is 0 Å². The first-order chi connectivity index (χ1) is 11.9. The van der Waals surface area contributed by atoms with E-state index in [0.717, 1.165) is 31.4 Å². The van der Waals surface area contributed by atoms with Gasteiger partial charge in [0.15, 0.2) is 5.76 Å². The lowest BCUT2D eigenvalue weighted by atomic mass is 10.0. The first kappa shape index (κ1) is 18.0. The summed E-state index contributed by atoms with van der Waals surface area (Å²) in [5, 5.41) is 0. The predicted molar refractivity (Wildman–Crippen MR) is 92.8 cm³/mol. The summed E-state index contributed by atoms with van der Waals surface area (Å²) in [4.78, 5) is 6.51. The number of nitrogens with zero attached hydrogens (tertiary/aromatic N) is 2. The third-order valence-electron chi connectivity index (χ3n) is 4.35. The number of likely N-dealkylation sites (tertiary alicyclic amines) is 1. The number of nitrogens with one attached hydrogen (secondary N) is 1. The van der Waals surface area contributed by atoms with Crippen LogP contribution in [-0.2, 0) is 16.6 Å². The fourth-order valence-corrected chi connectivity index (χ4v) is 3.55. The second-order valence-corrected chi connectivity index (χ2v) is 8.20. The smallest absolute Gasteiger partial charge is 0.209 e. The molecule has 1 unspecified atom stereocenters. The minimum Gasteiger partial charge on any atom is -0.439 e. The SMILES string of the molecule is CS(=O)(=O)NCC1CCCCN1Cc1ncc(-c2ccc(F)cc2)o1. The van der Waals surface area contributed by atoms with Gasteiger partial charge >= 0.3 is 0 Å². The van der Waals surface area contributed by atoms with Gasteiger partial charge in [-0.25, -0.2) is 22.5 Å². The van der Waals surface area contributed by atoms with Crippen molar-refractivity contribution >= 4 is 10.0 Å². The molecule has 0 radical (unpaired) electrons. The highest BCUT2D eigenvalue weighted by molar-refractivity contribution is 7.88. The zero-order valence-electron chi connectivity index (χ0n) is 14.1. The van der Waals surface area contributed by atoms with E-state index in [4.69, 9.17) is 4.42 Å². The number of aromatic nitrogens is 1. The van der Waals surface area contributed by atoms with Gasteiger partial charge in [0, 0.05) is 18.2 Å². The fraction of sp³-hybridized carbons (Fsp3) is 0.471. The molecular formula is C17H22FN3O3S. The fourth-order valence-electron chi connectivity index (χ4n) is 3.05. The van der Waals surface area contributed by atoms with Crippen LogP contribution >= 0.6 is 0 Å². The Morgan fingerprint density at radius 3 is 2.80 bits per heavy atom. The maximum absolute atomic E-state index is 13.0. The molecule has 0 bridgehead atoms. The molecule has 1 aliphatic rings. The van der Waals surface area contributed by atoms with Crippen molar-refractivity contribution in [1.29, 1.82) is 0 Å². The summed E-state index contributed by atoms with van der Waals surface area (Å²) in [6, 6.07) is 6.20. The number of hydrogen-bond acceptors (Lipinski definition) is 5. The minimum atomic E-state index is -3.20. The van der Waals surface area contributed by atoms with Crippen LogP contribution in [0.15, 0.2) is 34.9 Å². The molecule has 8 heteroatoms. The van der Waals surface area contributed by atoms with Crippen molar-refractivity contribution in [2.75, 3.05) is 19.3 Å². The Morgan fingerprint density at radius 2 is 2.08 bits per heavy atom. The van der Waals surface area contributed by atoms with E-state index in [1.807, 2.05) is 0 Å². The van der Waals surface area contributed by atoms with Crippen molar-refractivity contribution in [3.05, 3.63) is 42.2 Å². The van der Waals surface area contributed by atoms with Crippen LogP contribution in [0, 0.1) is 5.82 Å². The van der Waals surface area contributed by atoms with Crippen molar-refractivity contribution in [3.8, 4) is 11.3 Å². The van der Waals surface area contributed by atoms with E-state index in [1.54, 1.807) is 18.3 Å². The number of sulfonamides is 1. The van der Waals surface area contributed by atoms with Crippen LogP contribution in [-0.4, -0.2) is 43.7 Å². The lowest BCUT2D eigenvalue weighted by Gasteiger charge is -2.34. The number of piperidine rings is 1. The largest absolute Gasteiger partial charge is 0.439 e. The van der Waals surface area contributed by atoms with Gasteiger partial charge in [-0.3, -0.25) is 4.90 Å². The van der Waals surface area contributed by atoms with Gasteiger partial charge in [-0.05, 0) is 43.7 Å². The quantitative estimate of drug-likeness (QED) is 0.848. The summed E-state index contributed by atoms with van der Waals surface area (Å²) >= 11 is 0.